The maximum atomic E-state index is 13.0. The molecule has 0 radical (unpaired) electrons. The van der Waals surface area contributed by atoms with Gasteiger partial charge in [0.25, 0.3) is 5.56 Å². The number of thiophene rings is 2. The van der Waals surface area contributed by atoms with E-state index in [0.717, 1.165) is 26.2 Å². The lowest BCUT2D eigenvalue weighted by molar-refractivity contribution is 0.749. The number of hydrogen-bond donors (Lipinski definition) is 0. The van der Waals surface area contributed by atoms with Crippen LogP contribution in [0.5, 0.6) is 0 Å². The second-order valence-electron chi connectivity index (χ2n) is 5.77. The highest BCUT2D eigenvalue weighted by molar-refractivity contribution is 7.98. The molecule has 0 saturated carbocycles. The fourth-order valence-electron chi connectivity index (χ4n) is 2.77. The predicted molar refractivity (Wildman–Crippen MR) is 109 cm³/mol. The van der Waals surface area contributed by atoms with E-state index in [1.807, 2.05) is 5.38 Å². The van der Waals surface area contributed by atoms with Crippen LogP contribution in [0.25, 0.3) is 20.7 Å². The summed E-state index contributed by atoms with van der Waals surface area (Å²) in [5.74, 6) is 0. The second-order valence-corrected chi connectivity index (χ2v) is 8.79. The second kappa shape index (κ2) is 6.78. The van der Waals surface area contributed by atoms with Gasteiger partial charge in [-0.05, 0) is 43.0 Å². The van der Waals surface area contributed by atoms with E-state index in [0.29, 0.717) is 6.54 Å². The van der Waals surface area contributed by atoms with E-state index in [1.165, 1.54) is 21.1 Å². The Kier molecular flexibility index (Phi) is 4.50. The van der Waals surface area contributed by atoms with Crippen LogP contribution in [0.15, 0.2) is 57.8 Å². The first-order valence-electron chi connectivity index (χ1n) is 7.82. The Morgan fingerprint density at radius 2 is 1.96 bits per heavy atom. The molecule has 0 unspecified atom stereocenters. The summed E-state index contributed by atoms with van der Waals surface area (Å²) in [6.45, 7) is 2.62. The Labute approximate surface area is 158 Å². The van der Waals surface area contributed by atoms with Gasteiger partial charge in [-0.3, -0.25) is 9.36 Å². The molecule has 1 aromatic carbocycles. The van der Waals surface area contributed by atoms with Gasteiger partial charge in [-0.15, -0.1) is 34.4 Å². The molecule has 4 rings (SSSR count). The lowest BCUT2D eigenvalue weighted by Gasteiger charge is -2.07. The lowest BCUT2D eigenvalue weighted by atomic mass is 10.2. The standard InChI is InChI=1S/C19H16N2OS3/c1-12-3-8-16(25-12)15-10-24-18-17(15)19(22)21(11-20-18)9-13-4-6-14(23-2)7-5-13/h3-8,10-11H,9H2,1-2H3. The minimum Gasteiger partial charge on any atom is -0.294 e. The van der Waals surface area contributed by atoms with Gasteiger partial charge >= 0.3 is 0 Å². The first kappa shape index (κ1) is 16.6. The third-order valence-electron chi connectivity index (χ3n) is 4.08. The molecule has 0 amide bonds. The number of fused-ring (bicyclic) bond motifs is 1. The lowest BCUT2D eigenvalue weighted by Crippen LogP contribution is -2.20. The van der Waals surface area contributed by atoms with E-state index >= 15 is 0 Å². The van der Waals surface area contributed by atoms with Gasteiger partial charge in [0, 0.05) is 25.6 Å². The average Bonchev–Trinajstić information content (AvgIpc) is 3.24. The van der Waals surface area contributed by atoms with Crippen molar-refractivity contribution in [3.8, 4) is 10.4 Å². The summed E-state index contributed by atoms with van der Waals surface area (Å²) < 4.78 is 1.70. The largest absolute Gasteiger partial charge is 0.294 e. The average molecular weight is 385 g/mol. The first-order chi connectivity index (χ1) is 12.2. The van der Waals surface area contributed by atoms with Crippen molar-refractivity contribution in [3.05, 3.63) is 68.9 Å². The summed E-state index contributed by atoms with van der Waals surface area (Å²) in [6.07, 6.45) is 3.72. The number of hydrogen-bond acceptors (Lipinski definition) is 5. The predicted octanol–water partition coefficient (Wildman–Crippen LogP) is 5.27. The third-order valence-corrected chi connectivity index (χ3v) is 6.74. The summed E-state index contributed by atoms with van der Waals surface area (Å²) in [6, 6.07) is 12.5. The molecule has 3 nitrogen and oxygen atoms in total. The van der Waals surface area contributed by atoms with Crippen LogP contribution in [-0.4, -0.2) is 15.8 Å². The van der Waals surface area contributed by atoms with Crippen LogP contribution in [0.3, 0.4) is 0 Å². The van der Waals surface area contributed by atoms with Crippen molar-refractivity contribution in [2.45, 2.75) is 18.4 Å². The van der Waals surface area contributed by atoms with Crippen molar-refractivity contribution in [3.63, 3.8) is 0 Å². The van der Waals surface area contributed by atoms with Crippen molar-refractivity contribution in [1.29, 1.82) is 0 Å². The Hall–Kier alpha value is -1.89. The molecule has 0 aliphatic rings. The van der Waals surface area contributed by atoms with Crippen LogP contribution in [0.2, 0.25) is 0 Å². The normalized spacial score (nSPS) is 11.3. The van der Waals surface area contributed by atoms with Gasteiger partial charge in [0.05, 0.1) is 18.3 Å². The highest BCUT2D eigenvalue weighted by atomic mass is 32.2. The number of thioether (sulfide) groups is 1. The molecule has 3 aromatic heterocycles. The number of benzene rings is 1. The van der Waals surface area contributed by atoms with Crippen LogP contribution < -0.4 is 5.56 Å². The fourth-order valence-corrected chi connectivity index (χ4v) is 5.04. The topological polar surface area (TPSA) is 34.9 Å². The van der Waals surface area contributed by atoms with Crippen molar-refractivity contribution in [1.82, 2.24) is 9.55 Å². The van der Waals surface area contributed by atoms with E-state index in [4.69, 9.17) is 0 Å². The van der Waals surface area contributed by atoms with Gasteiger partial charge < -0.3 is 0 Å². The van der Waals surface area contributed by atoms with E-state index in [2.05, 4.69) is 54.6 Å². The monoisotopic (exact) mass is 384 g/mol. The molecule has 0 aliphatic heterocycles. The van der Waals surface area contributed by atoms with E-state index in [9.17, 15) is 4.79 Å². The van der Waals surface area contributed by atoms with Gasteiger partial charge in [-0.1, -0.05) is 12.1 Å². The zero-order valence-corrected chi connectivity index (χ0v) is 16.3. The summed E-state index contributed by atoms with van der Waals surface area (Å²) >= 11 is 4.96. The quantitative estimate of drug-likeness (QED) is 0.450. The molecule has 0 atom stereocenters. The molecular formula is C19H16N2OS3. The Bertz CT molecular complexity index is 1090. The maximum Gasteiger partial charge on any atom is 0.263 e. The van der Waals surface area contributed by atoms with Crippen LogP contribution >= 0.6 is 34.4 Å². The summed E-state index contributed by atoms with van der Waals surface area (Å²) in [5, 5.41) is 2.78. The molecular weight excluding hydrogens is 368 g/mol. The smallest absolute Gasteiger partial charge is 0.263 e. The minimum absolute atomic E-state index is 0.0289. The van der Waals surface area contributed by atoms with E-state index < -0.39 is 0 Å². The van der Waals surface area contributed by atoms with Crippen LogP contribution in [0.4, 0.5) is 0 Å². The van der Waals surface area contributed by atoms with Gasteiger partial charge in [-0.2, -0.15) is 0 Å². The number of nitrogens with zero attached hydrogens (tertiary/aromatic N) is 2. The molecule has 25 heavy (non-hydrogen) atoms. The number of rotatable bonds is 4. The van der Waals surface area contributed by atoms with Crippen molar-refractivity contribution in [2.24, 2.45) is 0 Å². The molecule has 0 saturated heterocycles. The molecule has 0 spiro atoms. The van der Waals surface area contributed by atoms with E-state index in [1.54, 1.807) is 34.0 Å². The van der Waals surface area contributed by atoms with E-state index in [-0.39, 0.29) is 5.56 Å². The molecule has 6 heteroatoms. The SMILES string of the molecule is CSc1ccc(Cn2cnc3scc(-c4ccc(C)s4)c3c2=O)cc1. The fraction of sp³-hybridized carbons (Fsp3) is 0.158. The Morgan fingerprint density at radius 1 is 1.16 bits per heavy atom. The highest BCUT2D eigenvalue weighted by Gasteiger charge is 2.14. The summed E-state index contributed by atoms with van der Waals surface area (Å²) in [4.78, 5) is 22.0. The molecule has 126 valence electrons. The van der Waals surface area contributed by atoms with Crippen LogP contribution in [-0.2, 0) is 6.54 Å². The molecule has 0 N–H and O–H groups in total. The van der Waals surface area contributed by atoms with Crippen molar-refractivity contribution >= 4 is 44.7 Å². The summed E-state index contributed by atoms with van der Waals surface area (Å²) in [7, 11) is 0. The Balaban J connectivity index is 1.77. The maximum absolute atomic E-state index is 13.0. The van der Waals surface area contributed by atoms with Gasteiger partial charge in [0.1, 0.15) is 4.83 Å². The number of aromatic nitrogens is 2. The minimum atomic E-state index is 0.0289. The molecule has 4 aromatic rings. The van der Waals surface area contributed by atoms with Gasteiger partial charge in [0.15, 0.2) is 0 Å². The summed E-state index contributed by atoms with van der Waals surface area (Å²) in [5.41, 5.74) is 2.13. The first-order valence-corrected chi connectivity index (χ1v) is 10.7. The van der Waals surface area contributed by atoms with Crippen molar-refractivity contribution in [2.75, 3.05) is 6.26 Å². The zero-order chi connectivity index (χ0) is 17.4. The van der Waals surface area contributed by atoms with Crippen LogP contribution in [0.1, 0.15) is 10.4 Å². The molecule has 0 aliphatic carbocycles. The van der Waals surface area contributed by atoms with Gasteiger partial charge in [0.2, 0.25) is 0 Å². The Morgan fingerprint density at radius 3 is 2.64 bits per heavy atom. The van der Waals surface area contributed by atoms with Crippen LogP contribution in [0, 0.1) is 6.92 Å². The molecule has 3 heterocycles. The highest BCUT2D eigenvalue weighted by Crippen LogP contribution is 2.34. The van der Waals surface area contributed by atoms with Gasteiger partial charge in [-0.25, -0.2) is 4.98 Å². The van der Waals surface area contributed by atoms with Crippen molar-refractivity contribution < 1.29 is 0 Å². The zero-order valence-electron chi connectivity index (χ0n) is 13.9. The third kappa shape index (κ3) is 3.17. The number of aryl methyl sites for hydroxylation is 1. The molecule has 0 fully saturated rings. The molecule has 0 bridgehead atoms.